The molecule has 1 atom stereocenters. The molecule has 7 heteroatoms. The zero-order chi connectivity index (χ0) is 15.6. The van der Waals surface area contributed by atoms with Crippen LogP contribution in [0.2, 0.25) is 0 Å². The maximum Gasteiger partial charge on any atom is 0.252 e. The fourth-order valence-electron chi connectivity index (χ4n) is 2.17. The van der Waals surface area contributed by atoms with Crippen LogP contribution in [0.3, 0.4) is 0 Å². The Kier molecular flexibility index (Phi) is 4.13. The molecule has 2 rings (SSSR count). The van der Waals surface area contributed by atoms with Crippen LogP contribution in [0.15, 0.2) is 29.1 Å². The van der Waals surface area contributed by atoms with Crippen LogP contribution in [-0.2, 0) is 11.8 Å². The van der Waals surface area contributed by atoms with Crippen molar-refractivity contribution < 1.29 is 10.0 Å². The summed E-state index contributed by atoms with van der Waals surface area (Å²) in [6.45, 7) is 1.70. The average Bonchev–Trinajstić information content (AvgIpc) is 2.50. The largest absolute Gasteiger partial charge is 0.373 e. The Morgan fingerprint density at radius 3 is 2.67 bits per heavy atom. The number of carbonyl (C=O) groups is 1. The Balaban J connectivity index is 2.59. The minimum atomic E-state index is -0.490. The Morgan fingerprint density at radius 1 is 1.33 bits per heavy atom. The Morgan fingerprint density at radius 2 is 2.05 bits per heavy atom. The van der Waals surface area contributed by atoms with Gasteiger partial charge in [0.2, 0.25) is 5.91 Å². The number of aryl methyl sites for hydroxylation is 1. The molecule has 4 N–H and O–H groups in total. The molecule has 7 nitrogen and oxygen atoms in total. The highest BCUT2D eigenvalue weighted by Gasteiger charge is 2.14. The summed E-state index contributed by atoms with van der Waals surface area (Å²) < 4.78 is 1.51. The summed E-state index contributed by atoms with van der Waals surface area (Å²) in [5.74, 6) is -0.180. The molecule has 1 aromatic carbocycles. The third-order valence-electron chi connectivity index (χ3n) is 3.39. The molecule has 0 aliphatic carbocycles. The molecule has 1 heterocycles. The normalized spacial score (nSPS) is 12.0. The van der Waals surface area contributed by atoms with Crippen molar-refractivity contribution in [1.29, 1.82) is 0 Å². The summed E-state index contributed by atoms with van der Waals surface area (Å²) in [6.07, 6.45) is 0. The zero-order valence-corrected chi connectivity index (χ0v) is 12.1. The standard InChI is InChI=1S/C14H18N4O3/c1-8(14(20)15-2)16-11-7-13(19)18(3)12-5-4-9(17-21)6-10(11)12/h4-8,16-17,21H,1-3H3,(H,15,20). The SMILES string of the molecule is CNC(=O)C(C)Nc1cc(=O)n(C)c2ccc(NO)cc12. The molecule has 0 aliphatic heterocycles. The lowest BCUT2D eigenvalue weighted by atomic mass is 10.1. The van der Waals surface area contributed by atoms with Crippen molar-refractivity contribution in [3.05, 3.63) is 34.6 Å². The van der Waals surface area contributed by atoms with Gasteiger partial charge < -0.3 is 15.2 Å². The first-order chi connectivity index (χ1) is 9.97. The number of fused-ring (bicyclic) bond motifs is 1. The molecule has 0 radical (unpaired) electrons. The number of nitrogens with zero attached hydrogens (tertiary/aromatic N) is 1. The number of hydrogen-bond donors (Lipinski definition) is 4. The highest BCUT2D eigenvalue weighted by molar-refractivity contribution is 5.95. The van der Waals surface area contributed by atoms with Crippen LogP contribution in [0.25, 0.3) is 10.9 Å². The fraction of sp³-hybridized carbons (Fsp3) is 0.286. The molecule has 21 heavy (non-hydrogen) atoms. The van der Waals surface area contributed by atoms with E-state index < -0.39 is 6.04 Å². The first-order valence-corrected chi connectivity index (χ1v) is 6.50. The fourth-order valence-corrected chi connectivity index (χ4v) is 2.17. The van der Waals surface area contributed by atoms with Crippen LogP contribution < -0.4 is 21.7 Å². The van der Waals surface area contributed by atoms with E-state index in [1.165, 1.54) is 10.6 Å². The minimum absolute atomic E-state index is 0.180. The van der Waals surface area contributed by atoms with E-state index in [-0.39, 0.29) is 11.5 Å². The van der Waals surface area contributed by atoms with Crippen molar-refractivity contribution in [3.8, 4) is 0 Å². The number of hydrogen-bond acceptors (Lipinski definition) is 5. The van der Waals surface area contributed by atoms with Crippen molar-refractivity contribution >= 4 is 28.2 Å². The first-order valence-electron chi connectivity index (χ1n) is 6.50. The Hall–Kier alpha value is -2.54. The van der Waals surface area contributed by atoms with Gasteiger partial charge in [-0.05, 0) is 25.1 Å². The summed E-state index contributed by atoms with van der Waals surface area (Å²) >= 11 is 0. The number of nitrogens with one attached hydrogen (secondary N) is 3. The molecule has 1 aromatic heterocycles. The zero-order valence-electron chi connectivity index (χ0n) is 12.1. The van der Waals surface area contributed by atoms with E-state index >= 15 is 0 Å². The van der Waals surface area contributed by atoms with E-state index in [0.29, 0.717) is 16.9 Å². The van der Waals surface area contributed by atoms with E-state index in [0.717, 1.165) is 5.39 Å². The molecule has 0 saturated carbocycles. The molecule has 0 saturated heterocycles. The highest BCUT2D eigenvalue weighted by atomic mass is 16.5. The second-order valence-corrected chi connectivity index (χ2v) is 4.78. The molecule has 2 aromatic rings. The summed E-state index contributed by atoms with van der Waals surface area (Å²) in [4.78, 5) is 23.6. The van der Waals surface area contributed by atoms with Gasteiger partial charge in [0.05, 0.1) is 11.2 Å². The van der Waals surface area contributed by atoms with Crippen LogP contribution in [-0.4, -0.2) is 28.8 Å². The van der Waals surface area contributed by atoms with Gasteiger partial charge in [-0.25, -0.2) is 0 Å². The quantitative estimate of drug-likeness (QED) is 0.627. The molecule has 0 fully saturated rings. The van der Waals surface area contributed by atoms with Crippen LogP contribution in [0.5, 0.6) is 0 Å². The van der Waals surface area contributed by atoms with E-state index in [4.69, 9.17) is 5.21 Å². The topological polar surface area (TPSA) is 95.4 Å². The average molecular weight is 290 g/mol. The second kappa shape index (κ2) is 5.84. The van der Waals surface area contributed by atoms with Crippen molar-refractivity contribution in [1.82, 2.24) is 9.88 Å². The van der Waals surface area contributed by atoms with Crippen molar-refractivity contribution in [2.45, 2.75) is 13.0 Å². The monoisotopic (exact) mass is 290 g/mol. The van der Waals surface area contributed by atoms with E-state index in [2.05, 4.69) is 16.1 Å². The van der Waals surface area contributed by atoms with Gasteiger partial charge in [-0.3, -0.25) is 20.3 Å². The molecule has 0 bridgehead atoms. The van der Waals surface area contributed by atoms with Gasteiger partial charge in [-0.2, -0.15) is 0 Å². The molecule has 0 spiro atoms. The number of rotatable bonds is 4. The predicted molar refractivity (Wildman–Crippen MR) is 81.7 cm³/mol. The summed E-state index contributed by atoms with van der Waals surface area (Å²) in [5, 5.41) is 15.3. The summed E-state index contributed by atoms with van der Waals surface area (Å²) in [5.41, 5.74) is 3.63. The molecular weight excluding hydrogens is 272 g/mol. The van der Waals surface area contributed by atoms with Gasteiger partial charge in [0.15, 0.2) is 0 Å². The molecule has 1 unspecified atom stereocenters. The van der Waals surface area contributed by atoms with Crippen LogP contribution in [0.1, 0.15) is 6.92 Å². The molecule has 0 aliphatic rings. The van der Waals surface area contributed by atoms with Crippen LogP contribution in [0, 0.1) is 0 Å². The molecule has 1 amide bonds. The van der Waals surface area contributed by atoms with Gasteiger partial charge in [-0.15, -0.1) is 0 Å². The third-order valence-corrected chi connectivity index (χ3v) is 3.39. The lowest BCUT2D eigenvalue weighted by Gasteiger charge is -2.17. The summed E-state index contributed by atoms with van der Waals surface area (Å²) in [7, 11) is 3.22. The van der Waals surface area contributed by atoms with Gasteiger partial charge >= 0.3 is 0 Å². The number of carbonyl (C=O) groups excluding carboxylic acids is 1. The number of anilines is 2. The molecule has 112 valence electrons. The second-order valence-electron chi connectivity index (χ2n) is 4.78. The van der Waals surface area contributed by atoms with E-state index in [1.807, 2.05) is 0 Å². The lowest BCUT2D eigenvalue weighted by Crippen LogP contribution is -2.35. The van der Waals surface area contributed by atoms with Crippen molar-refractivity contribution in [3.63, 3.8) is 0 Å². The maximum atomic E-state index is 12.0. The Labute approximate surface area is 121 Å². The van der Waals surface area contributed by atoms with Crippen molar-refractivity contribution in [2.24, 2.45) is 7.05 Å². The number of pyridine rings is 1. The van der Waals surface area contributed by atoms with E-state index in [1.54, 1.807) is 39.2 Å². The minimum Gasteiger partial charge on any atom is -0.373 e. The van der Waals surface area contributed by atoms with Gasteiger partial charge in [-0.1, -0.05) is 0 Å². The Bertz CT molecular complexity index is 739. The number of benzene rings is 1. The van der Waals surface area contributed by atoms with Crippen LogP contribution in [0.4, 0.5) is 11.4 Å². The third kappa shape index (κ3) is 2.82. The molecular formula is C14H18N4O3. The van der Waals surface area contributed by atoms with Gasteiger partial charge in [0.1, 0.15) is 6.04 Å². The lowest BCUT2D eigenvalue weighted by molar-refractivity contribution is -0.121. The van der Waals surface area contributed by atoms with Gasteiger partial charge in [0, 0.05) is 31.2 Å². The van der Waals surface area contributed by atoms with Crippen molar-refractivity contribution in [2.75, 3.05) is 17.8 Å². The highest BCUT2D eigenvalue weighted by Crippen LogP contribution is 2.25. The van der Waals surface area contributed by atoms with E-state index in [9.17, 15) is 9.59 Å². The number of amides is 1. The van der Waals surface area contributed by atoms with Gasteiger partial charge in [0.25, 0.3) is 5.56 Å². The predicted octanol–water partition coefficient (Wildman–Crippen LogP) is 0.886. The summed E-state index contributed by atoms with van der Waals surface area (Å²) in [6, 6.07) is 6.03. The van der Waals surface area contributed by atoms with Crippen LogP contribution >= 0.6 is 0 Å². The first kappa shape index (κ1) is 14.9. The smallest absolute Gasteiger partial charge is 0.252 e. The maximum absolute atomic E-state index is 12.0. The number of aromatic nitrogens is 1. The number of likely N-dealkylation sites (N-methyl/N-ethyl adjacent to an activating group) is 1.